The number of imidazole rings is 1. The molecule has 0 aliphatic carbocycles. The Hall–Kier alpha value is -3.15. The third-order valence-electron chi connectivity index (χ3n) is 4.36. The molecule has 2 aromatic heterocycles. The normalized spacial score (nSPS) is 14.2. The number of amides is 2. The largest absolute Gasteiger partial charge is 0.346 e. The van der Waals surface area contributed by atoms with E-state index in [0.717, 1.165) is 17.8 Å². The van der Waals surface area contributed by atoms with Crippen LogP contribution in [0.25, 0.3) is 5.65 Å². The van der Waals surface area contributed by atoms with Gasteiger partial charge in [-0.3, -0.25) is 9.59 Å². The Morgan fingerprint density at radius 1 is 1.16 bits per heavy atom. The molecule has 25 heavy (non-hydrogen) atoms. The Bertz CT molecular complexity index is 914. The minimum atomic E-state index is -0.202. The summed E-state index contributed by atoms with van der Waals surface area (Å²) in [5.74, 6) is -0.132. The van der Waals surface area contributed by atoms with Crippen molar-refractivity contribution in [2.45, 2.75) is 19.4 Å². The first-order valence-electron chi connectivity index (χ1n) is 8.32. The van der Waals surface area contributed by atoms with E-state index in [-0.39, 0.29) is 11.8 Å². The standard InChI is InChI=1S/C19H18N4O2/c24-18-9-5-11-23(18)16-7-2-1-6-15(16)19(25)20-12-14-13-22-10-4-3-8-17(22)21-14/h1-4,6-8,10,13H,5,9,11-12H2,(H,20,25). The van der Waals surface area contributed by atoms with Crippen molar-refractivity contribution in [1.82, 2.24) is 14.7 Å². The van der Waals surface area contributed by atoms with Crippen molar-refractivity contribution in [1.29, 1.82) is 0 Å². The van der Waals surface area contributed by atoms with Gasteiger partial charge in [-0.2, -0.15) is 0 Å². The maximum Gasteiger partial charge on any atom is 0.253 e. The predicted octanol–water partition coefficient (Wildman–Crippen LogP) is 2.39. The van der Waals surface area contributed by atoms with Crippen molar-refractivity contribution in [3.63, 3.8) is 0 Å². The Morgan fingerprint density at radius 3 is 2.80 bits per heavy atom. The smallest absolute Gasteiger partial charge is 0.253 e. The van der Waals surface area contributed by atoms with Gasteiger partial charge < -0.3 is 14.6 Å². The molecule has 0 radical (unpaired) electrons. The minimum Gasteiger partial charge on any atom is -0.346 e. The van der Waals surface area contributed by atoms with Gasteiger partial charge in [-0.05, 0) is 30.7 Å². The summed E-state index contributed by atoms with van der Waals surface area (Å²) in [6.07, 6.45) is 5.18. The summed E-state index contributed by atoms with van der Waals surface area (Å²) < 4.78 is 1.92. The van der Waals surface area contributed by atoms with Crippen molar-refractivity contribution < 1.29 is 9.59 Å². The molecule has 0 spiro atoms. The third-order valence-corrected chi connectivity index (χ3v) is 4.36. The molecule has 6 nitrogen and oxygen atoms in total. The number of carbonyl (C=O) groups excluding carboxylic acids is 2. The highest BCUT2D eigenvalue weighted by Gasteiger charge is 2.25. The maximum atomic E-state index is 12.6. The van der Waals surface area contributed by atoms with Crippen LogP contribution in [-0.4, -0.2) is 27.7 Å². The van der Waals surface area contributed by atoms with E-state index in [1.165, 1.54) is 0 Å². The molecule has 1 aliphatic rings. The van der Waals surface area contributed by atoms with Crippen LogP contribution in [0.4, 0.5) is 5.69 Å². The first-order valence-corrected chi connectivity index (χ1v) is 8.32. The molecule has 6 heteroatoms. The molecule has 0 unspecified atom stereocenters. The third kappa shape index (κ3) is 2.98. The van der Waals surface area contributed by atoms with Crippen LogP contribution in [0.3, 0.4) is 0 Å². The number of hydrogen-bond acceptors (Lipinski definition) is 3. The summed E-state index contributed by atoms with van der Waals surface area (Å²) in [4.78, 5) is 30.8. The molecule has 1 N–H and O–H groups in total. The minimum absolute atomic E-state index is 0.0700. The molecule has 0 atom stereocenters. The molecule has 4 rings (SSSR count). The highest BCUT2D eigenvalue weighted by molar-refractivity contribution is 6.05. The number of carbonyl (C=O) groups is 2. The highest BCUT2D eigenvalue weighted by atomic mass is 16.2. The fraction of sp³-hybridized carbons (Fsp3) is 0.211. The number of hydrogen-bond donors (Lipinski definition) is 1. The van der Waals surface area contributed by atoms with Crippen LogP contribution in [0.2, 0.25) is 0 Å². The number of aromatic nitrogens is 2. The number of nitrogens with one attached hydrogen (secondary N) is 1. The van der Waals surface area contributed by atoms with Gasteiger partial charge in [0, 0.05) is 25.4 Å². The molecular formula is C19H18N4O2. The monoisotopic (exact) mass is 334 g/mol. The van der Waals surface area contributed by atoms with E-state index in [2.05, 4.69) is 10.3 Å². The summed E-state index contributed by atoms with van der Waals surface area (Å²) in [5.41, 5.74) is 2.82. The molecule has 1 aliphatic heterocycles. The molecule has 3 aromatic rings. The molecule has 126 valence electrons. The molecule has 2 amide bonds. The summed E-state index contributed by atoms with van der Waals surface area (Å²) in [5, 5.41) is 2.90. The van der Waals surface area contributed by atoms with Gasteiger partial charge in [-0.15, -0.1) is 0 Å². The van der Waals surface area contributed by atoms with E-state index in [9.17, 15) is 9.59 Å². The summed E-state index contributed by atoms with van der Waals surface area (Å²) in [6.45, 7) is 0.998. The first-order chi connectivity index (χ1) is 12.2. The number of benzene rings is 1. The van der Waals surface area contributed by atoms with Gasteiger partial charge in [0.15, 0.2) is 0 Å². The van der Waals surface area contributed by atoms with Crippen LogP contribution >= 0.6 is 0 Å². The van der Waals surface area contributed by atoms with E-state index >= 15 is 0 Å². The summed E-state index contributed by atoms with van der Waals surface area (Å²) in [7, 11) is 0. The van der Waals surface area contributed by atoms with Gasteiger partial charge in [-0.1, -0.05) is 18.2 Å². The van der Waals surface area contributed by atoms with Crippen molar-refractivity contribution in [3.8, 4) is 0 Å². The average Bonchev–Trinajstić information content (AvgIpc) is 3.25. The lowest BCUT2D eigenvalue weighted by Crippen LogP contribution is -2.29. The second kappa shape index (κ2) is 6.39. The molecule has 1 saturated heterocycles. The molecule has 1 fully saturated rings. The fourth-order valence-corrected chi connectivity index (χ4v) is 3.14. The Labute approximate surface area is 145 Å². The number of pyridine rings is 1. The molecule has 0 bridgehead atoms. The molecular weight excluding hydrogens is 316 g/mol. The van der Waals surface area contributed by atoms with Gasteiger partial charge in [0.25, 0.3) is 5.91 Å². The van der Waals surface area contributed by atoms with Gasteiger partial charge in [-0.25, -0.2) is 4.98 Å². The van der Waals surface area contributed by atoms with Crippen LogP contribution in [0.5, 0.6) is 0 Å². The molecule has 3 heterocycles. The molecule has 1 aromatic carbocycles. The van der Waals surface area contributed by atoms with Crippen LogP contribution < -0.4 is 10.2 Å². The quantitative estimate of drug-likeness (QED) is 0.797. The van der Waals surface area contributed by atoms with E-state index in [1.807, 2.05) is 53.2 Å². The van der Waals surface area contributed by atoms with E-state index in [0.29, 0.717) is 30.8 Å². The lowest BCUT2D eigenvalue weighted by atomic mass is 10.1. The van der Waals surface area contributed by atoms with Crippen LogP contribution in [0.1, 0.15) is 28.9 Å². The van der Waals surface area contributed by atoms with E-state index in [4.69, 9.17) is 0 Å². The second-order valence-electron chi connectivity index (χ2n) is 6.05. The zero-order valence-corrected chi connectivity index (χ0v) is 13.7. The maximum absolute atomic E-state index is 12.6. The Kier molecular flexibility index (Phi) is 3.93. The van der Waals surface area contributed by atoms with Crippen molar-refractivity contribution in [2.24, 2.45) is 0 Å². The fourth-order valence-electron chi connectivity index (χ4n) is 3.14. The average molecular weight is 334 g/mol. The number of para-hydroxylation sites is 1. The number of rotatable bonds is 4. The van der Waals surface area contributed by atoms with Gasteiger partial charge in [0.1, 0.15) is 5.65 Å². The number of anilines is 1. The molecule has 0 saturated carbocycles. The SMILES string of the molecule is O=C(NCc1cn2ccccc2n1)c1ccccc1N1CCCC1=O. The topological polar surface area (TPSA) is 66.7 Å². The van der Waals surface area contributed by atoms with Crippen molar-refractivity contribution in [2.75, 3.05) is 11.4 Å². The van der Waals surface area contributed by atoms with Crippen LogP contribution in [0.15, 0.2) is 54.9 Å². The Balaban J connectivity index is 1.52. The summed E-state index contributed by atoms with van der Waals surface area (Å²) in [6, 6.07) is 13.0. The first kappa shape index (κ1) is 15.4. The van der Waals surface area contributed by atoms with Crippen LogP contribution in [0, 0.1) is 0 Å². The van der Waals surface area contributed by atoms with Gasteiger partial charge in [0.05, 0.1) is 23.5 Å². The van der Waals surface area contributed by atoms with E-state index < -0.39 is 0 Å². The zero-order valence-electron chi connectivity index (χ0n) is 13.7. The van der Waals surface area contributed by atoms with E-state index in [1.54, 1.807) is 11.0 Å². The lowest BCUT2D eigenvalue weighted by molar-refractivity contribution is -0.117. The second-order valence-corrected chi connectivity index (χ2v) is 6.05. The predicted molar refractivity (Wildman–Crippen MR) is 94.4 cm³/mol. The highest BCUT2D eigenvalue weighted by Crippen LogP contribution is 2.25. The van der Waals surface area contributed by atoms with Gasteiger partial charge in [0.2, 0.25) is 5.91 Å². The zero-order chi connectivity index (χ0) is 17.2. The Morgan fingerprint density at radius 2 is 2.00 bits per heavy atom. The van der Waals surface area contributed by atoms with Crippen molar-refractivity contribution in [3.05, 3.63) is 66.1 Å². The van der Waals surface area contributed by atoms with Gasteiger partial charge >= 0.3 is 0 Å². The number of nitrogens with zero attached hydrogens (tertiary/aromatic N) is 3. The number of fused-ring (bicyclic) bond motifs is 1. The lowest BCUT2D eigenvalue weighted by Gasteiger charge is -2.19. The summed E-state index contributed by atoms with van der Waals surface area (Å²) >= 11 is 0. The van der Waals surface area contributed by atoms with Crippen molar-refractivity contribution >= 4 is 23.1 Å². The van der Waals surface area contributed by atoms with Crippen LogP contribution in [-0.2, 0) is 11.3 Å².